The zero-order valence-corrected chi connectivity index (χ0v) is 10.3. The van der Waals surface area contributed by atoms with Gasteiger partial charge in [-0.1, -0.05) is 12.1 Å². The molecule has 0 bridgehead atoms. The summed E-state index contributed by atoms with van der Waals surface area (Å²) in [7, 11) is 0. The van der Waals surface area contributed by atoms with E-state index in [4.69, 9.17) is 5.73 Å². The summed E-state index contributed by atoms with van der Waals surface area (Å²) in [5.74, 6) is -0.679. The summed E-state index contributed by atoms with van der Waals surface area (Å²) in [6.45, 7) is 1.46. The fraction of sp³-hybridized carbons (Fsp3) is 0.273. The summed E-state index contributed by atoms with van der Waals surface area (Å²) < 4.78 is 37.8. The third-order valence-electron chi connectivity index (χ3n) is 2.63. The Hall–Kier alpha value is -2.45. The molecule has 0 saturated carbocycles. The van der Waals surface area contributed by atoms with Gasteiger partial charge in [-0.15, -0.1) is 10.2 Å². The van der Waals surface area contributed by atoms with Crippen LogP contribution in [0.15, 0.2) is 24.3 Å². The van der Waals surface area contributed by atoms with Crippen LogP contribution in [0.1, 0.15) is 18.5 Å². The minimum atomic E-state index is -4.45. The number of rotatable bonds is 3. The Bertz CT molecular complexity index is 637. The fourth-order valence-electron chi connectivity index (χ4n) is 1.45. The molecule has 9 heteroatoms. The number of halogens is 3. The minimum absolute atomic E-state index is 0.01000. The van der Waals surface area contributed by atoms with Crippen LogP contribution in [0.4, 0.5) is 13.2 Å². The summed E-state index contributed by atoms with van der Waals surface area (Å²) in [4.78, 5) is 11.9. The Morgan fingerprint density at radius 1 is 1.40 bits per heavy atom. The number of alkyl halides is 3. The molecule has 2 rings (SSSR count). The van der Waals surface area contributed by atoms with E-state index in [-0.39, 0.29) is 11.4 Å². The molecule has 1 unspecified atom stereocenters. The second-order valence-electron chi connectivity index (χ2n) is 4.09. The summed E-state index contributed by atoms with van der Waals surface area (Å²) in [6, 6.07) is 3.69. The highest BCUT2D eigenvalue weighted by Gasteiger charge is 2.30. The molecule has 0 aliphatic rings. The number of carbonyl (C=O) groups excluding carboxylic acids is 1. The topological polar surface area (TPSA) is 86.7 Å². The lowest BCUT2D eigenvalue weighted by Crippen LogP contribution is -2.25. The number of amides is 1. The average molecular weight is 285 g/mol. The van der Waals surface area contributed by atoms with E-state index in [1.54, 1.807) is 0 Å². The highest BCUT2D eigenvalue weighted by atomic mass is 19.4. The van der Waals surface area contributed by atoms with E-state index >= 15 is 0 Å². The van der Waals surface area contributed by atoms with Crippen LogP contribution in [0, 0.1) is 0 Å². The van der Waals surface area contributed by atoms with Gasteiger partial charge in [-0.05, 0) is 24.3 Å². The molecule has 0 aliphatic heterocycles. The molecule has 0 aliphatic carbocycles. The number of hydrogen-bond donors (Lipinski definition) is 1. The smallest absolute Gasteiger partial charge is 0.368 e. The van der Waals surface area contributed by atoms with E-state index < -0.39 is 23.7 Å². The van der Waals surface area contributed by atoms with Gasteiger partial charge in [-0.2, -0.15) is 18.0 Å². The van der Waals surface area contributed by atoms with Gasteiger partial charge in [0.1, 0.15) is 6.04 Å². The molecule has 1 aromatic carbocycles. The van der Waals surface area contributed by atoms with E-state index in [2.05, 4.69) is 15.4 Å². The summed E-state index contributed by atoms with van der Waals surface area (Å²) in [6.07, 6.45) is -4.45. The van der Waals surface area contributed by atoms with Gasteiger partial charge in [-0.25, -0.2) is 0 Å². The highest BCUT2D eigenvalue weighted by molar-refractivity contribution is 5.77. The van der Waals surface area contributed by atoms with Crippen molar-refractivity contribution in [2.75, 3.05) is 0 Å². The number of benzene rings is 1. The monoisotopic (exact) mass is 285 g/mol. The molecule has 1 aromatic heterocycles. The first-order chi connectivity index (χ1) is 9.29. The average Bonchev–Trinajstić information content (AvgIpc) is 2.86. The van der Waals surface area contributed by atoms with Gasteiger partial charge in [0.15, 0.2) is 0 Å². The SMILES string of the molecule is CC(C(N)=O)n1nnc(-c2cccc(C(F)(F)F)c2)n1. The number of nitrogens with zero attached hydrogens (tertiary/aromatic N) is 4. The number of nitrogens with two attached hydrogens (primary N) is 1. The van der Waals surface area contributed by atoms with Gasteiger partial charge in [0.25, 0.3) is 0 Å². The zero-order valence-electron chi connectivity index (χ0n) is 10.3. The Kier molecular flexibility index (Phi) is 3.43. The summed E-state index contributed by atoms with van der Waals surface area (Å²) in [5.41, 5.74) is 4.43. The molecule has 106 valence electrons. The second-order valence-corrected chi connectivity index (χ2v) is 4.09. The van der Waals surface area contributed by atoms with Crippen molar-refractivity contribution in [1.82, 2.24) is 20.2 Å². The van der Waals surface area contributed by atoms with E-state index in [9.17, 15) is 18.0 Å². The van der Waals surface area contributed by atoms with Crippen LogP contribution in [-0.4, -0.2) is 26.1 Å². The molecule has 6 nitrogen and oxygen atoms in total. The van der Waals surface area contributed by atoms with E-state index in [0.717, 1.165) is 16.9 Å². The third-order valence-corrected chi connectivity index (χ3v) is 2.63. The van der Waals surface area contributed by atoms with Gasteiger partial charge in [0.2, 0.25) is 11.7 Å². The van der Waals surface area contributed by atoms with Gasteiger partial charge in [0, 0.05) is 5.56 Å². The Labute approximate surface area is 111 Å². The molecular formula is C11H10F3N5O. The van der Waals surface area contributed by atoms with E-state index in [1.165, 1.54) is 19.1 Å². The first-order valence-electron chi connectivity index (χ1n) is 5.55. The van der Waals surface area contributed by atoms with Gasteiger partial charge >= 0.3 is 6.18 Å². The van der Waals surface area contributed by atoms with Crippen LogP contribution >= 0.6 is 0 Å². The maximum atomic E-state index is 12.6. The normalized spacial score (nSPS) is 13.2. The van der Waals surface area contributed by atoms with Crippen molar-refractivity contribution >= 4 is 5.91 Å². The van der Waals surface area contributed by atoms with E-state index in [0.29, 0.717) is 0 Å². The van der Waals surface area contributed by atoms with Crippen molar-refractivity contribution in [3.05, 3.63) is 29.8 Å². The molecule has 1 atom stereocenters. The van der Waals surface area contributed by atoms with Crippen LogP contribution in [0.2, 0.25) is 0 Å². The highest BCUT2D eigenvalue weighted by Crippen LogP contribution is 2.31. The quantitative estimate of drug-likeness (QED) is 0.923. The molecule has 20 heavy (non-hydrogen) atoms. The van der Waals surface area contributed by atoms with Crippen LogP contribution in [0.25, 0.3) is 11.4 Å². The van der Waals surface area contributed by atoms with Crippen LogP contribution in [0.3, 0.4) is 0 Å². The molecule has 0 radical (unpaired) electrons. The Balaban J connectivity index is 2.36. The van der Waals surface area contributed by atoms with Gasteiger partial charge < -0.3 is 5.73 Å². The number of primary amides is 1. The number of tetrazole rings is 1. The third kappa shape index (κ3) is 2.76. The first kappa shape index (κ1) is 14.0. The first-order valence-corrected chi connectivity index (χ1v) is 5.55. The molecular weight excluding hydrogens is 275 g/mol. The summed E-state index contributed by atoms with van der Waals surface area (Å²) >= 11 is 0. The largest absolute Gasteiger partial charge is 0.416 e. The Morgan fingerprint density at radius 3 is 2.70 bits per heavy atom. The van der Waals surface area contributed by atoms with Crippen molar-refractivity contribution in [3.8, 4) is 11.4 Å². The van der Waals surface area contributed by atoms with E-state index in [1.807, 2.05) is 0 Å². The second kappa shape index (κ2) is 4.91. The van der Waals surface area contributed by atoms with Crippen molar-refractivity contribution in [2.45, 2.75) is 19.1 Å². The minimum Gasteiger partial charge on any atom is -0.368 e. The molecule has 2 N–H and O–H groups in total. The molecule has 2 aromatic rings. The lowest BCUT2D eigenvalue weighted by Gasteiger charge is -2.06. The van der Waals surface area contributed by atoms with Crippen LogP contribution in [-0.2, 0) is 11.0 Å². The molecule has 1 heterocycles. The summed E-state index contributed by atoms with van der Waals surface area (Å²) in [5, 5.41) is 11.1. The molecule has 0 fully saturated rings. The number of aromatic nitrogens is 4. The van der Waals surface area contributed by atoms with Crippen LogP contribution in [0.5, 0.6) is 0 Å². The lowest BCUT2D eigenvalue weighted by atomic mass is 10.1. The van der Waals surface area contributed by atoms with Crippen molar-refractivity contribution in [1.29, 1.82) is 0 Å². The molecule has 0 spiro atoms. The lowest BCUT2D eigenvalue weighted by molar-refractivity contribution is -0.137. The van der Waals surface area contributed by atoms with Crippen molar-refractivity contribution in [2.24, 2.45) is 5.73 Å². The molecule has 1 amide bonds. The predicted octanol–water partition coefficient (Wildman–Crippen LogP) is 1.41. The maximum absolute atomic E-state index is 12.6. The van der Waals surface area contributed by atoms with Gasteiger partial charge in [0.05, 0.1) is 5.56 Å². The Morgan fingerprint density at radius 2 is 2.10 bits per heavy atom. The maximum Gasteiger partial charge on any atom is 0.416 e. The van der Waals surface area contributed by atoms with Crippen LogP contribution < -0.4 is 5.73 Å². The standard InChI is InChI=1S/C11H10F3N5O/c1-6(9(15)20)19-17-10(16-18-19)7-3-2-4-8(5-7)11(12,13)14/h2-6H,1H3,(H2,15,20). The van der Waals surface area contributed by atoms with Gasteiger partial charge in [-0.3, -0.25) is 4.79 Å². The number of carbonyl (C=O) groups is 1. The zero-order chi connectivity index (χ0) is 14.9. The fourth-order valence-corrected chi connectivity index (χ4v) is 1.45. The number of hydrogen-bond acceptors (Lipinski definition) is 4. The predicted molar refractivity (Wildman–Crippen MR) is 62.2 cm³/mol. The van der Waals surface area contributed by atoms with Crippen molar-refractivity contribution in [3.63, 3.8) is 0 Å². The molecule has 0 saturated heterocycles. The van der Waals surface area contributed by atoms with Crippen molar-refractivity contribution < 1.29 is 18.0 Å².